The predicted octanol–water partition coefficient (Wildman–Crippen LogP) is 1.34. The summed E-state index contributed by atoms with van der Waals surface area (Å²) < 4.78 is 10.6. The molecule has 0 N–H and O–H groups in total. The minimum absolute atomic E-state index is 0.268. The molecule has 1 aliphatic heterocycles. The number of hydrogen-bond donors (Lipinski definition) is 0. The van der Waals surface area contributed by atoms with Crippen molar-refractivity contribution in [2.24, 2.45) is 5.92 Å². The average molecular weight is 169 g/mol. The maximum Gasteiger partial charge on any atom is 0.148 e. The fourth-order valence-corrected chi connectivity index (χ4v) is 1.46. The zero-order valence-electron chi connectivity index (χ0n) is 7.45. The molecule has 0 bridgehead atoms. The van der Waals surface area contributed by atoms with E-state index in [9.17, 15) is 0 Å². The molecule has 68 valence electrons. The van der Waals surface area contributed by atoms with Gasteiger partial charge in [-0.2, -0.15) is 5.26 Å². The minimum Gasteiger partial charge on any atom is -0.381 e. The molecule has 1 saturated heterocycles. The standard InChI is InChI=1S/C9H15NO2/c1-2-12-9(6-10)8-4-3-5-11-7-8/h8-9H,2-5,7H2,1H3. The van der Waals surface area contributed by atoms with Crippen LogP contribution in [0.3, 0.4) is 0 Å². The van der Waals surface area contributed by atoms with Crippen molar-refractivity contribution >= 4 is 0 Å². The first kappa shape index (κ1) is 9.50. The molecular weight excluding hydrogens is 154 g/mol. The van der Waals surface area contributed by atoms with E-state index in [-0.39, 0.29) is 12.0 Å². The van der Waals surface area contributed by atoms with E-state index in [1.54, 1.807) is 0 Å². The third-order valence-electron chi connectivity index (χ3n) is 2.10. The van der Waals surface area contributed by atoms with E-state index >= 15 is 0 Å². The van der Waals surface area contributed by atoms with Crippen LogP contribution in [-0.4, -0.2) is 25.9 Å². The summed E-state index contributed by atoms with van der Waals surface area (Å²) in [5, 5.41) is 8.78. The van der Waals surface area contributed by atoms with Crippen LogP contribution in [0, 0.1) is 17.2 Å². The Hall–Kier alpha value is -0.590. The second-order valence-electron chi connectivity index (χ2n) is 2.98. The number of nitrogens with zero attached hydrogens (tertiary/aromatic N) is 1. The largest absolute Gasteiger partial charge is 0.381 e. The van der Waals surface area contributed by atoms with Crippen LogP contribution in [0.1, 0.15) is 19.8 Å². The van der Waals surface area contributed by atoms with Crippen LogP contribution < -0.4 is 0 Å². The molecule has 1 rings (SSSR count). The Morgan fingerprint density at radius 3 is 3.08 bits per heavy atom. The molecule has 0 aromatic carbocycles. The summed E-state index contributed by atoms with van der Waals surface area (Å²) in [5.74, 6) is 0.281. The molecule has 0 spiro atoms. The highest BCUT2D eigenvalue weighted by Crippen LogP contribution is 2.19. The van der Waals surface area contributed by atoms with Crippen LogP contribution in [-0.2, 0) is 9.47 Å². The molecule has 0 aromatic heterocycles. The third kappa shape index (κ3) is 2.47. The van der Waals surface area contributed by atoms with Gasteiger partial charge in [-0.1, -0.05) is 0 Å². The van der Waals surface area contributed by atoms with Gasteiger partial charge in [0.2, 0.25) is 0 Å². The Morgan fingerprint density at radius 2 is 2.58 bits per heavy atom. The monoisotopic (exact) mass is 169 g/mol. The number of rotatable bonds is 3. The molecule has 0 aromatic rings. The van der Waals surface area contributed by atoms with Gasteiger partial charge in [0.05, 0.1) is 12.7 Å². The Labute approximate surface area is 73.3 Å². The van der Waals surface area contributed by atoms with E-state index in [2.05, 4.69) is 6.07 Å². The van der Waals surface area contributed by atoms with Crippen LogP contribution in [0.4, 0.5) is 0 Å². The maximum absolute atomic E-state index is 8.78. The summed E-state index contributed by atoms with van der Waals surface area (Å²) >= 11 is 0. The summed E-state index contributed by atoms with van der Waals surface area (Å²) in [5.41, 5.74) is 0. The first-order chi connectivity index (χ1) is 5.88. The lowest BCUT2D eigenvalue weighted by Gasteiger charge is -2.25. The quantitative estimate of drug-likeness (QED) is 0.640. The van der Waals surface area contributed by atoms with Gasteiger partial charge >= 0.3 is 0 Å². The molecule has 1 heterocycles. The van der Waals surface area contributed by atoms with Crippen LogP contribution in [0.25, 0.3) is 0 Å². The van der Waals surface area contributed by atoms with E-state index in [0.29, 0.717) is 13.2 Å². The van der Waals surface area contributed by atoms with E-state index in [1.807, 2.05) is 6.92 Å². The van der Waals surface area contributed by atoms with Crippen molar-refractivity contribution in [2.45, 2.75) is 25.9 Å². The summed E-state index contributed by atoms with van der Waals surface area (Å²) in [6.07, 6.45) is 1.84. The zero-order valence-corrected chi connectivity index (χ0v) is 7.45. The molecule has 3 heteroatoms. The molecule has 2 unspecified atom stereocenters. The van der Waals surface area contributed by atoms with Gasteiger partial charge in [-0.25, -0.2) is 0 Å². The van der Waals surface area contributed by atoms with Crippen LogP contribution in [0.2, 0.25) is 0 Å². The highest BCUT2D eigenvalue weighted by atomic mass is 16.5. The Balaban J connectivity index is 2.36. The number of ether oxygens (including phenoxy) is 2. The first-order valence-electron chi connectivity index (χ1n) is 4.47. The van der Waals surface area contributed by atoms with E-state index in [4.69, 9.17) is 14.7 Å². The molecule has 0 saturated carbocycles. The SMILES string of the molecule is CCOC(C#N)C1CCCOC1. The third-order valence-corrected chi connectivity index (χ3v) is 2.10. The van der Waals surface area contributed by atoms with Crippen molar-refractivity contribution in [3.63, 3.8) is 0 Å². The molecule has 1 fully saturated rings. The van der Waals surface area contributed by atoms with Gasteiger partial charge in [-0.15, -0.1) is 0 Å². The molecule has 12 heavy (non-hydrogen) atoms. The highest BCUT2D eigenvalue weighted by molar-refractivity contribution is 4.90. The lowest BCUT2D eigenvalue weighted by atomic mass is 9.97. The lowest BCUT2D eigenvalue weighted by Crippen LogP contribution is -2.30. The summed E-state index contributed by atoms with van der Waals surface area (Å²) in [7, 11) is 0. The first-order valence-corrected chi connectivity index (χ1v) is 4.47. The van der Waals surface area contributed by atoms with E-state index < -0.39 is 0 Å². The summed E-state index contributed by atoms with van der Waals surface area (Å²) in [6.45, 7) is 4.03. The molecular formula is C9H15NO2. The fourth-order valence-electron chi connectivity index (χ4n) is 1.46. The second kappa shape index (κ2) is 5.13. The van der Waals surface area contributed by atoms with Crippen LogP contribution >= 0.6 is 0 Å². The van der Waals surface area contributed by atoms with Crippen molar-refractivity contribution in [3.8, 4) is 6.07 Å². The Kier molecular flexibility index (Phi) is 4.06. The van der Waals surface area contributed by atoms with Crippen molar-refractivity contribution < 1.29 is 9.47 Å². The van der Waals surface area contributed by atoms with Gasteiger partial charge in [-0.3, -0.25) is 0 Å². The van der Waals surface area contributed by atoms with E-state index in [1.165, 1.54) is 0 Å². The zero-order chi connectivity index (χ0) is 8.81. The van der Waals surface area contributed by atoms with Gasteiger partial charge in [0.25, 0.3) is 0 Å². The molecule has 1 aliphatic rings. The molecule has 3 nitrogen and oxygen atoms in total. The minimum atomic E-state index is -0.268. The molecule has 0 amide bonds. The van der Waals surface area contributed by atoms with Gasteiger partial charge in [-0.05, 0) is 19.8 Å². The summed E-state index contributed by atoms with van der Waals surface area (Å²) in [4.78, 5) is 0. The molecule has 0 aliphatic carbocycles. The molecule has 2 atom stereocenters. The van der Waals surface area contributed by atoms with Gasteiger partial charge in [0, 0.05) is 19.1 Å². The van der Waals surface area contributed by atoms with Gasteiger partial charge in [0.15, 0.2) is 0 Å². The van der Waals surface area contributed by atoms with Crippen molar-refractivity contribution in [1.29, 1.82) is 5.26 Å². The topological polar surface area (TPSA) is 42.2 Å². The van der Waals surface area contributed by atoms with Gasteiger partial charge in [0.1, 0.15) is 6.10 Å². The fraction of sp³-hybridized carbons (Fsp3) is 0.889. The maximum atomic E-state index is 8.78. The van der Waals surface area contributed by atoms with Crippen LogP contribution in [0.15, 0.2) is 0 Å². The lowest BCUT2D eigenvalue weighted by molar-refractivity contribution is -0.0191. The smallest absolute Gasteiger partial charge is 0.148 e. The predicted molar refractivity (Wildman–Crippen MR) is 44.6 cm³/mol. The normalized spacial score (nSPS) is 26.2. The number of hydrogen-bond acceptors (Lipinski definition) is 3. The second-order valence-corrected chi connectivity index (χ2v) is 2.98. The van der Waals surface area contributed by atoms with Crippen molar-refractivity contribution in [3.05, 3.63) is 0 Å². The van der Waals surface area contributed by atoms with E-state index in [0.717, 1.165) is 19.4 Å². The Morgan fingerprint density at radius 1 is 1.75 bits per heavy atom. The van der Waals surface area contributed by atoms with Crippen molar-refractivity contribution in [1.82, 2.24) is 0 Å². The summed E-state index contributed by atoms with van der Waals surface area (Å²) in [6, 6.07) is 2.17. The average Bonchev–Trinajstić information content (AvgIpc) is 2.15. The highest BCUT2D eigenvalue weighted by Gasteiger charge is 2.23. The molecule has 0 radical (unpaired) electrons. The Bertz CT molecular complexity index is 158. The van der Waals surface area contributed by atoms with Gasteiger partial charge < -0.3 is 9.47 Å². The van der Waals surface area contributed by atoms with Crippen LogP contribution in [0.5, 0.6) is 0 Å². The van der Waals surface area contributed by atoms with Crippen molar-refractivity contribution in [2.75, 3.05) is 19.8 Å². The number of nitriles is 1.